The summed E-state index contributed by atoms with van der Waals surface area (Å²) in [6.45, 7) is 0. The molecule has 4 aromatic rings. The zero-order valence-corrected chi connectivity index (χ0v) is 14.3. The van der Waals surface area contributed by atoms with Crippen molar-refractivity contribution in [3.63, 3.8) is 0 Å². The van der Waals surface area contributed by atoms with Gasteiger partial charge in [0.15, 0.2) is 0 Å². The Morgan fingerprint density at radius 1 is 0.652 bits per heavy atom. The van der Waals surface area contributed by atoms with Gasteiger partial charge in [0.2, 0.25) is 0 Å². The Morgan fingerprint density at radius 2 is 1.13 bits per heavy atom. The molecular weight excluding hydrogens is 320 g/mol. The summed E-state index contributed by atoms with van der Waals surface area (Å²) < 4.78 is 0. The smallest absolute Gasteiger partial charge is 0.0732 e. The molecule has 0 fully saturated rings. The molecule has 2 nitrogen and oxygen atoms in total. The first-order chi connectivity index (χ1) is 11.4. The molecule has 0 aliphatic carbocycles. The Kier molecular flexibility index (Phi) is 4.35. The standard InChI is InChI=1S/C19H18N2S2/c1-3-8-16-14(6-1)12-18(20-16)22-10-5-11-23-19-13-15-7-2-4-9-17(15)21-19/h1-4,6-9,12-13,20-21H,5,10-11H2. The van der Waals surface area contributed by atoms with Crippen LogP contribution in [0.15, 0.2) is 70.7 Å². The fourth-order valence-electron chi connectivity index (χ4n) is 2.67. The Morgan fingerprint density at radius 3 is 1.61 bits per heavy atom. The third-order valence-electron chi connectivity index (χ3n) is 3.81. The van der Waals surface area contributed by atoms with Crippen molar-refractivity contribution < 1.29 is 0 Å². The molecule has 0 atom stereocenters. The van der Waals surface area contributed by atoms with Gasteiger partial charge < -0.3 is 9.97 Å². The van der Waals surface area contributed by atoms with E-state index in [2.05, 4.69) is 70.6 Å². The summed E-state index contributed by atoms with van der Waals surface area (Å²) in [4.78, 5) is 6.94. The maximum absolute atomic E-state index is 3.47. The Bertz CT molecular complexity index is 781. The van der Waals surface area contributed by atoms with Gasteiger partial charge in [-0.25, -0.2) is 0 Å². The van der Waals surface area contributed by atoms with Crippen LogP contribution in [0.25, 0.3) is 21.8 Å². The monoisotopic (exact) mass is 338 g/mol. The van der Waals surface area contributed by atoms with Gasteiger partial charge in [-0.1, -0.05) is 36.4 Å². The third-order valence-corrected chi connectivity index (χ3v) is 5.86. The average Bonchev–Trinajstić information content (AvgIpc) is 3.17. The van der Waals surface area contributed by atoms with E-state index in [4.69, 9.17) is 0 Å². The Labute approximate surface area is 144 Å². The van der Waals surface area contributed by atoms with Crippen molar-refractivity contribution >= 4 is 45.3 Å². The van der Waals surface area contributed by atoms with E-state index in [1.807, 2.05) is 23.5 Å². The molecule has 2 heterocycles. The maximum Gasteiger partial charge on any atom is 0.0732 e. The second-order valence-corrected chi connectivity index (χ2v) is 7.77. The van der Waals surface area contributed by atoms with Crippen LogP contribution in [0.4, 0.5) is 0 Å². The summed E-state index contributed by atoms with van der Waals surface area (Å²) in [5.41, 5.74) is 2.45. The second kappa shape index (κ2) is 6.77. The lowest BCUT2D eigenvalue weighted by Crippen LogP contribution is -1.84. The van der Waals surface area contributed by atoms with Crippen molar-refractivity contribution in [2.75, 3.05) is 11.5 Å². The number of rotatable bonds is 6. The van der Waals surface area contributed by atoms with E-state index in [1.165, 1.54) is 38.3 Å². The summed E-state index contributed by atoms with van der Waals surface area (Å²) in [5, 5.41) is 5.12. The van der Waals surface area contributed by atoms with Gasteiger partial charge in [-0.15, -0.1) is 23.5 Å². The number of H-pyrrole nitrogens is 2. The Hall–Kier alpha value is -1.78. The van der Waals surface area contributed by atoms with Crippen molar-refractivity contribution in [3.8, 4) is 0 Å². The van der Waals surface area contributed by atoms with E-state index >= 15 is 0 Å². The lowest BCUT2D eigenvalue weighted by molar-refractivity contribution is 1.10. The van der Waals surface area contributed by atoms with Crippen LogP contribution in [0.5, 0.6) is 0 Å². The Balaban J connectivity index is 1.27. The molecule has 116 valence electrons. The van der Waals surface area contributed by atoms with Gasteiger partial charge >= 0.3 is 0 Å². The van der Waals surface area contributed by atoms with E-state index in [9.17, 15) is 0 Å². The van der Waals surface area contributed by atoms with Crippen LogP contribution in [-0.4, -0.2) is 21.5 Å². The number of aromatic nitrogens is 2. The van der Waals surface area contributed by atoms with Crippen LogP contribution < -0.4 is 0 Å². The molecule has 23 heavy (non-hydrogen) atoms. The number of hydrogen-bond acceptors (Lipinski definition) is 2. The van der Waals surface area contributed by atoms with Gasteiger partial charge in [0, 0.05) is 33.3 Å². The summed E-state index contributed by atoms with van der Waals surface area (Å²) in [7, 11) is 0. The zero-order chi connectivity index (χ0) is 15.5. The van der Waals surface area contributed by atoms with Gasteiger partial charge in [0.05, 0.1) is 10.1 Å². The molecule has 0 spiro atoms. The molecule has 2 aromatic heterocycles. The van der Waals surface area contributed by atoms with Gasteiger partial charge in [-0.2, -0.15) is 0 Å². The van der Waals surface area contributed by atoms with Crippen molar-refractivity contribution in [1.29, 1.82) is 0 Å². The number of benzene rings is 2. The molecule has 0 saturated carbocycles. The molecule has 0 radical (unpaired) electrons. The lowest BCUT2D eigenvalue weighted by Gasteiger charge is -1.99. The molecule has 0 aliphatic heterocycles. The summed E-state index contributed by atoms with van der Waals surface area (Å²) in [5.74, 6) is 2.28. The van der Waals surface area contributed by atoms with Crippen molar-refractivity contribution in [2.24, 2.45) is 0 Å². The number of hydrogen-bond donors (Lipinski definition) is 2. The molecule has 0 bridgehead atoms. The van der Waals surface area contributed by atoms with Crippen LogP contribution in [-0.2, 0) is 0 Å². The topological polar surface area (TPSA) is 31.6 Å². The summed E-state index contributed by atoms with van der Waals surface area (Å²) in [6, 6.07) is 21.4. The van der Waals surface area contributed by atoms with Gasteiger partial charge in [-0.3, -0.25) is 0 Å². The minimum absolute atomic E-state index is 1.14. The minimum atomic E-state index is 1.14. The maximum atomic E-state index is 3.47. The first-order valence-electron chi connectivity index (χ1n) is 7.79. The zero-order valence-electron chi connectivity index (χ0n) is 12.7. The highest BCUT2D eigenvalue weighted by molar-refractivity contribution is 8.00. The third kappa shape index (κ3) is 3.43. The predicted molar refractivity (Wildman–Crippen MR) is 103 cm³/mol. The number of aromatic amines is 2. The van der Waals surface area contributed by atoms with Crippen LogP contribution in [0.1, 0.15) is 6.42 Å². The quantitative estimate of drug-likeness (QED) is 0.337. The van der Waals surface area contributed by atoms with Gasteiger partial charge in [-0.05, 0) is 30.7 Å². The molecule has 2 aromatic carbocycles. The fourth-order valence-corrected chi connectivity index (χ4v) is 4.66. The summed E-state index contributed by atoms with van der Waals surface area (Å²) >= 11 is 3.81. The molecule has 4 rings (SSSR count). The second-order valence-electron chi connectivity index (χ2n) is 5.49. The van der Waals surface area contributed by atoms with Crippen molar-refractivity contribution in [2.45, 2.75) is 16.5 Å². The highest BCUT2D eigenvalue weighted by Crippen LogP contribution is 2.26. The largest absolute Gasteiger partial charge is 0.350 e. The van der Waals surface area contributed by atoms with E-state index < -0.39 is 0 Å². The first-order valence-corrected chi connectivity index (χ1v) is 9.77. The predicted octanol–water partition coefficient (Wildman–Crippen LogP) is 5.92. The van der Waals surface area contributed by atoms with Crippen molar-refractivity contribution in [3.05, 3.63) is 60.7 Å². The highest BCUT2D eigenvalue weighted by atomic mass is 32.2. The molecule has 0 unspecified atom stereocenters. The highest BCUT2D eigenvalue weighted by Gasteiger charge is 2.02. The van der Waals surface area contributed by atoms with E-state index in [-0.39, 0.29) is 0 Å². The number of fused-ring (bicyclic) bond motifs is 2. The number of nitrogens with one attached hydrogen (secondary N) is 2. The van der Waals surface area contributed by atoms with Crippen LogP contribution >= 0.6 is 23.5 Å². The molecule has 0 saturated heterocycles. The molecule has 0 amide bonds. The van der Waals surface area contributed by atoms with Crippen LogP contribution in [0.2, 0.25) is 0 Å². The molecule has 0 aliphatic rings. The first kappa shape index (κ1) is 14.8. The van der Waals surface area contributed by atoms with Crippen LogP contribution in [0.3, 0.4) is 0 Å². The summed E-state index contributed by atoms with van der Waals surface area (Å²) in [6.07, 6.45) is 1.19. The molecule has 2 N–H and O–H groups in total. The fraction of sp³-hybridized carbons (Fsp3) is 0.158. The molecule has 4 heteroatoms. The van der Waals surface area contributed by atoms with Crippen molar-refractivity contribution in [1.82, 2.24) is 9.97 Å². The lowest BCUT2D eigenvalue weighted by atomic mass is 10.3. The van der Waals surface area contributed by atoms with E-state index in [1.54, 1.807) is 0 Å². The van der Waals surface area contributed by atoms with Gasteiger partial charge in [0.25, 0.3) is 0 Å². The number of para-hydroxylation sites is 2. The van der Waals surface area contributed by atoms with E-state index in [0.29, 0.717) is 0 Å². The van der Waals surface area contributed by atoms with E-state index in [0.717, 1.165) is 11.5 Å². The van der Waals surface area contributed by atoms with Gasteiger partial charge in [0.1, 0.15) is 0 Å². The van der Waals surface area contributed by atoms with Crippen LogP contribution in [0, 0.1) is 0 Å². The number of thioether (sulfide) groups is 2. The average molecular weight is 339 g/mol. The molecular formula is C19H18N2S2. The normalized spacial score (nSPS) is 11.5. The minimum Gasteiger partial charge on any atom is -0.350 e. The SMILES string of the molecule is c1ccc2[nH]c(SCCCSc3cc4ccccc4[nH]3)cc2c1.